The Labute approximate surface area is 248 Å². The number of allylic oxidation sites excluding steroid dienone is 4. The van der Waals surface area contributed by atoms with Crippen molar-refractivity contribution in [3.8, 4) is 0 Å². The van der Waals surface area contributed by atoms with Crippen molar-refractivity contribution in [2.45, 2.75) is 118 Å². The number of carboxylic acids is 1. The van der Waals surface area contributed by atoms with Crippen molar-refractivity contribution in [3.63, 3.8) is 0 Å². The number of nitrogens with two attached hydrogens (primary N) is 1. The number of aliphatic carboxylic acids is 1. The summed E-state index contributed by atoms with van der Waals surface area (Å²) >= 11 is 0. The SMILES string of the molecule is C=C(CCC[C@H]1CC=C2C3=C([C@@H](O)CC21C)C1(C)CCC(O)C(C)(C)C1CC3)C(C)C.CC(=O)O.COC(=O)CN. The number of carbonyl (C=O) groups is 2. The molecule has 4 aliphatic rings. The van der Waals surface area contributed by atoms with E-state index in [-0.39, 0.29) is 41.0 Å². The predicted octanol–water partition coefficient (Wildman–Crippen LogP) is 6.19. The Morgan fingerprint density at radius 1 is 1.15 bits per heavy atom. The van der Waals surface area contributed by atoms with Crippen LogP contribution >= 0.6 is 0 Å². The lowest BCUT2D eigenvalue weighted by molar-refractivity contribution is -0.139. The molecular formula is C34H57NO6. The smallest absolute Gasteiger partial charge is 0.319 e. The van der Waals surface area contributed by atoms with Gasteiger partial charge >= 0.3 is 5.97 Å². The second-order valence-corrected chi connectivity index (χ2v) is 14.0. The topological polar surface area (TPSA) is 130 Å². The van der Waals surface area contributed by atoms with E-state index in [0.29, 0.717) is 17.8 Å². The van der Waals surface area contributed by atoms with Crippen molar-refractivity contribution in [1.29, 1.82) is 0 Å². The van der Waals surface area contributed by atoms with E-state index in [0.717, 1.165) is 51.9 Å². The fourth-order valence-corrected chi connectivity index (χ4v) is 8.28. The second kappa shape index (κ2) is 14.0. The van der Waals surface area contributed by atoms with Crippen molar-refractivity contribution >= 4 is 11.9 Å². The van der Waals surface area contributed by atoms with Crippen LogP contribution in [-0.4, -0.2) is 53.1 Å². The first-order chi connectivity index (χ1) is 19.0. The molecule has 0 radical (unpaired) electrons. The van der Waals surface area contributed by atoms with Crippen LogP contribution in [0.5, 0.6) is 0 Å². The fourth-order valence-electron chi connectivity index (χ4n) is 8.28. The summed E-state index contributed by atoms with van der Waals surface area (Å²) in [4.78, 5) is 18.8. The number of hydrogen-bond acceptors (Lipinski definition) is 6. The van der Waals surface area contributed by atoms with Crippen LogP contribution in [0.4, 0.5) is 0 Å². The molecule has 0 aromatic carbocycles. The molecule has 1 saturated carbocycles. The highest BCUT2D eigenvalue weighted by Crippen LogP contribution is 2.66. The number of ether oxygens (including phenoxy) is 1. The van der Waals surface area contributed by atoms with E-state index < -0.39 is 5.97 Å². The minimum absolute atomic E-state index is 0.0188. The summed E-state index contributed by atoms with van der Waals surface area (Å²) in [7, 11) is 1.30. The van der Waals surface area contributed by atoms with Gasteiger partial charge in [0, 0.05) is 6.92 Å². The van der Waals surface area contributed by atoms with Crippen LogP contribution in [-0.2, 0) is 14.3 Å². The third-order valence-corrected chi connectivity index (χ3v) is 10.7. The van der Waals surface area contributed by atoms with Crippen LogP contribution in [0.1, 0.15) is 106 Å². The number of carbonyl (C=O) groups excluding carboxylic acids is 1. The normalized spacial score (nSPS) is 33.1. The number of aliphatic hydroxyl groups is 2. The number of methoxy groups -OCH3 is 1. The van der Waals surface area contributed by atoms with Crippen molar-refractivity contribution < 1.29 is 29.6 Å². The average Bonchev–Trinajstić information content (AvgIpc) is 3.21. The highest BCUT2D eigenvalue weighted by Gasteiger charge is 2.59. The number of aliphatic hydroxyl groups excluding tert-OH is 2. The van der Waals surface area contributed by atoms with Crippen molar-refractivity contribution in [2.24, 2.45) is 39.7 Å². The zero-order valence-corrected chi connectivity index (χ0v) is 26.9. The van der Waals surface area contributed by atoms with Crippen LogP contribution in [0.25, 0.3) is 0 Å². The monoisotopic (exact) mass is 575 g/mol. The van der Waals surface area contributed by atoms with Gasteiger partial charge in [-0.3, -0.25) is 9.59 Å². The molecule has 0 aromatic rings. The highest BCUT2D eigenvalue weighted by atomic mass is 16.5. The first kappa shape index (κ1) is 35.2. The van der Waals surface area contributed by atoms with Gasteiger partial charge in [-0.05, 0) is 109 Å². The molecule has 4 rings (SSSR count). The van der Waals surface area contributed by atoms with Gasteiger partial charge in [-0.15, -0.1) is 0 Å². The van der Waals surface area contributed by atoms with Crippen molar-refractivity contribution in [1.82, 2.24) is 0 Å². The Kier molecular flexibility index (Phi) is 12.0. The maximum absolute atomic E-state index is 11.6. The maximum Gasteiger partial charge on any atom is 0.319 e. The Bertz CT molecular complexity index is 1020. The summed E-state index contributed by atoms with van der Waals surface area (Å²) in [6.45, 7) is 19.1. The zero-order valence-electron chi connectivity index (χ0n) is 26.9. The second-order valence-electron chi connectivity index (χ2n) is 14.0. The molecule has 234 valence electrons. The molecule has 4 aliphatic carbocycles. The highest BCUT2D eigenvalue weighted by molar-refractivity contribution is 5.71. The Balaban J connectivity index is 0.000000507. The van der Waals surface area contributed by atoms with E-state index >= 15 is 0 Å². The van der Waals surface area contributed by atoms with E-state index in [4.69, 9.17) is 15.6 Å². The molecule has 7 nitrogen and oxygen atoms in total. The lowest BCUT2D eigenvalue weighted by atomic mass is 9.46. The molecule has 1 fully saturated rings. The number of carboxylic acid groups (broad SMARTS) is 1. The Morgan fingerprint density at radius 3 is 2.27 bits per heavy atom. The quantitative estimate of drug-likeness (QED) is 0.219. The van der Waals surface area contributed by atoms with Crippen molar-refractivity contribution in [3.05, 3.63) is 34.9 Å². The molecule has 6 atom stereocenters. The molecule has 0 saturated heterocycles. The van der Waals surface area contributed by atoms with Crippen LogP contribution in [0.2, 0.25) is 0 Å². The average molecular weight is 576 g/mol. The maximum atomic E-state index is 11.6. The third-order valence-electron chi connectivity index (χ3n) is 10.7. The molecule has 5 N–H and O–H groups in total. The van der Waals surface area contributed by atoms with Crippen LogP contribution in [0, 0.1) is 34.0 Å². The largest absolute Gasteiger partial charge is 0.481 e. The number of rotatable bonds is 6. The van der Waals surface area contributed by atoms with E-state index in [9.17, 15) is 15.0 Å². The molecular weight excluding hydrogens is 518 g/mol. The molecule has 0 bridgehead atoms. The van der Waals surface area contributed by atoms with E-state index in [2.05, 4.69) is 58.9 Å². The molecule has 0 spiro atoms. The third kappa shape index (κ3) is 7.52. The van der Waals surface area contributed by atoms with Gasteiger partial charge in [0.2, 0.25) is 0 Å². The number of esters is 1. The minimum Gasteiger partial charge on any atom is -0.481 e. The summed E-state index contributed by atoms with van der Waals surface area (Å²) in [5.41, 5.74) is 10.7. The number of fused-ring (bicyclic) bond motifs is 4. The lowest BCUT2D eigenvalue weighted by Crippen LogP contribution is -2.55. The summed E-state index contributed by atoms with van der Waals surface area (Å²) in [5.74, 6) is 0.448. The molecule has 0 aliphatic heterocycles. The van der Waals surface area contributed by atoms with Gasteiger partial charge in [-0.2, -0.15) is 0 Å². The minimum atomic E-state index is -0.833. The van der Waals surface area contributed by atoms with Gasteiger partial charge < -0.3 is 25.8 Å². The van der Waals surface area contributed by atoms with Gasteiger partial charge in [0.1, 0.15) is 0 Å². The molecule has 4 unspecified atom stereocenters. The van der Waals surface area contributed by atoms with E-state index in [1.54, 1.807) is 5.57 Å². The Morgan fingerprint density at radius 2 is 1.76 bits per heavy atom. The lowest BCUT2D eigenvalue weighted by Gasteiger charge is -2.60. The molecule has 0 aromatic heterocycles. The standard InChI is InChI=1S/C29H46O2.C3H7NO2.C2H4O2/c1-18(2)19(3)9-8-10-20-11-13-22-21-12-14-24-27(4,5)25(31)15-16-28(24,6)26(21)23(30)17-29(20,22)7;1-6-3(5)2-4;1-2(3)4/h13,18,20,23-25,30-31H,3,8-12,14-17H2,1-2,4-7H3;2,4H2,1H3;1H3,(H,3,4)/t20-,23-,24?,25?,28?,29?;;/m0../s1. The van der Waals surface area contributed by atoms with Crippen LogP contribution in [0.15, 0.2) is 34.9 Å². The molecule has 0 heterocycles. The number of hydrogen-bond donors (Lipinski definition) is 4. The molecule has 7 heteroatoms. The van der Waals surface area contributed by atoms with Gasteiger partial charge in [-0.1, -0.05) is 59.8 Å². The molecule has 41 heavy (non-hydrogen) atoms. The zero-order chi connectivity index (χ0) is 31.3. The van der Waals surface area contributed by atoms with Crippen molar-refractivity contribution in [2.75, 3.05) is 13.7 Å². The predicted molar refractivity (Wildman–Crippen MR) is 164 cm³/mol. The van der Waals surface area contributed by atoms with Crippen LogP contribution < -0.4 is 5.73 Å². The molecule has 0 amide bonds. The van der Waals surface area contributed by atoms with E-state index in [1.165, 1.54) is 36.7 Å². The van der Waals surface area contributed by atoms with Gasteiger partial charge in [0.15, 0.2) is 0 Å². The summed E-state index contributed by atoms with van der Waals surface area (Å²) < 4.78 is 4.14. The summed E-state index contributed by atoms with van der Waals surface area (Å²) in [5, 5.41) is 29.8. The van der Waals surface area contributed by atoms with Gasteiger partial charge in [0.05, 0.1) is 25.9 Å². The first-order valence-corrected chi connectivity index (χ1v) is 15.4. The summed E-state index contributed by atoms with van der Waals surface area (Å²) in [6, 6.07) is 0. The van der Waals surface area contributed by atoms with Gasteiger partial charge in [0.25, 0.3) is 5.97 Å². The van der Waals surface area contributed by atoms with E-state index in [1.807, 2.05) is 0 Å². The Hall–Kier alpha value is -1.96. The first-order valence-electron chi connectivity index (χ1n) is 15.4. The van der Waals surface area contributed by atoms with Crippen LogP contribution in [0.3, 0.4) is 0 Å². The fraction of sp³-hybridized carbons (Fsp3) is 0.765. The summed E-state index contributed by atoms with van der Waals surface area (Å²) in [6.07, 6.45) is 11.7. The van der Waals surface area contributed by atoms with Gasteiger partial charge in [-0.25, -0.2) is 0 Å².